The van der Waals surface area contributed by atoms with Gasteiger partial charge >= 0.3 is 11.8 Å². The van der Waals surface area contributed by atoms with Crippen LogP contribution < -0.4 is 10.7 Å². The highest BCUT2D eigenvalue weighted by atomic mass is 16.6. The van der Waals surface area contributed by atoms with E-state index in [0.29, 0.717) is 0 Å². The van der Waals surface area contributed by atoms with Gasteiger partial charge < -0.3 is 5.32 Å². The fraction of sp³-hybridized carbons (Fsp3) is 0.0667. The summed E-state index contributed by atoms with van der Waals surface area (Å²) in [5, 5.41) is 16.8. The van der Waals surface area contributed by atoms with Gasteiger partial charge in [-0.05, 0) is 23.8 Å². The van der Waals surface area contributed by atoms with Gasteiger partial charge in [-0.2, -0.15) is 5.10 Å². The van der Waals surface area contributed by atoms with Crippen molar-refractivity contribution in [2.75, 3.05) is 0 Å². The first-order valence-corrected chi connectivity index (χ1v) is 6.81. The molecule has 2 rings (SSSR count). The summed E-state index contributed by atoms with van der Waals surface area (Å²) in [6, 6.07) is 9.29. The molecule has 122 valence electrons. The third-order valence-electron chi connectivity index (χ3n) is 2.91. The van der Waals surface area contributed by atoms with Gasteiger partial charge in [0.05, 0.1) is 16.7 Å². The Labute approximate surface area is 136 Å². The number of nitro groups is 1. The van der Waals surface area contributed by atoms with Crippen molar-refractivity contribution in [3.05, 3.63) is 70.0 Å². The standard InChI is InChI=1S/C15H13N5O4/c21-14(17-9-11-5-7-16-8-6-11)15(22)19-18-10-12-3-1-2-4-13(12)20(23)24/h1-8,10H,9H2,(H,17,21)(H,19,22)/b18-10-. The fourth-order valence-corrected chi connectivity index (χ4v) is 1.74. The number of hydrogen-bond acceptors (Lipinski definition) is 6. The molecule has 9 nitrogen and oxygen atoms in total. The highest BCUT2D eigenvalue weighted by Gasteiger charge is 2.13. The van der Waals surface area contributed by atoms with Crippen molar-refractivity contribution < 1.29 is 14.5 Å². The van der Waals surface area contributed by atoms with E-state index in [1.54, 1.807) is 30.6 Å². The van der Waals surface area contributed by atoms with E-state index in [-0.39, 0.29) is 17.8 Å². The maximum Gasteiger partial charge on any atom is 0.329 e. The lowest BCUT2D eigenvalue weighted by molar-refractivity contribution is -0.385. The molecule has 0 aliphatic rings. The van der Waals surface area contributed by atoms with Gasteiger partial charge in [-0.15, -0.1) is 0 Å². The second-order valence-electron chi connectivity index (χ2n) is 4.55. The lowest BCUT2D eigenvalue weighted by Gasteiger charge is -2.03. The van der Waals surface area contributed by atoms with Crippen molar-refractivity contribution in [3.8, 4) is 0 Å². The number of nitrogens with one attached hydrogen (secondary N) is 2. The van der Waals surface area contributed by atoms with E-state index in [9.17, 15) is 19.7 Å². The molecule has 9 heteroatoms. The van der Waals surface area contributed by atoms with Gasteiger partial charge in [0, 0.05) is 25.0 Å². The SMILES string of the molecule is O=C(NCc1ccncc1)C(=O)N/N=C\c1ccccc1[N+](=O)[O-]. The first-order valence-electron chi connectivity index (χ1n) is 6.81. The first kappa shape index (κ1) is 16.7. The van der Waals surface area contributed by atoms with E-state index in [1.807, 2.05) is 5.43 Å². The van der Waals surface area contributed by atoms with Crippen LogP contribution in [0, 0.1) is 10.1 Å². The summed E-state index contributed by atoms with van der Waals surface area (Å²) in [5.74, 6) is -1.84. The minimum atomic E-state index is -0.973. The molecule has 0 radical (unpaired) electrons. The average Bonchev–Trinajstić information content (AvgIpc) is 2.60. The highest BCUT2D eigenvalue weighted by molar-refractivity contribution is 6.35. The van der Waals surface area contributed by atoms with Crippen LogP contribution >= 0.6 is 0 Å². The molecule has 0 aliphatic heterocycles. The van der Waals surface area contributed by atoms with Crippen LogP contribution in [0.3, 0.4) is 0 Å². The molecule has 2 N–H and O–H groups in total. The molecule has 1 aromatic heterocycles. The smallest absolute Gasteiger partial charge is 0.329 e. The number of rotatable bonds is 5. The van der Waals surface area contributed by atoms with E-state index in [1.165, 1.54) is 18.2 Å². The number of pyridine rings is 1. The summed E-state index contributed by atoms with van der Waals surface area (Å²) >= 11 is 0. The van der Waals surface area contributed by atoms with Crippen LogP contribution in [0.25, 0.3) is 0 Å². The van der Waals surface area contributed by atoms with Crippen LogP contribution in [0.15, 0.2) is 53.9 Å². The topological polar surface area (TPSA) is 127 Å². The molecule has 0 unspecified atom stereocenters. The molecule has 0 saturated heterocycles. The van der Waals surface area contributed by atoms with Crippen LogP contribution in [0.1, 0.15) is 11.1 Å². The van der Waals surface area contributed by atoms with Gasteiger partial charge in [-0.1, -0.05) is 12.1 Å². The zero-order chi connectivity index (χ0) is 17.4. The number of hydrazone groups is 1. The van der Waals surface area contributed by atoms with Crippen LogP contribution in [-0.2, 0) is 16.1 Å². The summed E-state index contributed by atoms with van der Waals surface area (Å²) < 4.78 is 0. The van der Waals surface area contributed by atoms with Gasteiger partial charge in [-0.3, -0.25) is 24.7 Å². The normalized spacial score (nSPS) is 10.3. The number of carbonyl (C=O) groups is 2. The van der Waals surface area contributed by atoms with Gasteiger partial charge in [0.25, 0.3) is 5.69 Å². The number of hydrogen-bond donors (Lipinski definition) is 2. The van der Waals surface area contributed by atoms with E-state index >= 15 is 0 Å². The third-order valence-corrected chi connectivity index (χ3v) is 2.91. The first-order chi connectivity index (χ1) is 11.6. The fourth-order valence-electron chi connectivity index (χ4n) is 1.74. The second-order valence-corrected chi connectivity index (χ2v) is 4.55. The van der Waals surface area contributed by atoms with Crippen molar-refractivity contribution in [2.24, 2.45) is 5.10 Å². The monoisotopic (exact) mass is 327 g/mol. The van der Waals surface area contributed by atoms with Crippen molar-refractivity contribution in [2.45, 2.75) is 6.54 Å². The Bertz CT molecular complexity index is 776. The summed E-state index contributed by atoms with van der Waals surface area (Å²) in [7, 11) is 0. The molecule has 24 heavy (non-hydrogen) atoms. The predicted octanol–water partition coefficient (Wildman–Crippen LogP) is 0.756. The van der Waals surface area contributed by atoms with Crippen LogP contribution in [0.4, 0.5) is 5.69 Å². The Morgan fingerprint density at radius 1 is 1.17 bits per heavy atom. The maximum atomic E-state index is 11.6. The van der Waals surface area contributed by atoms with Crippen molar-refractivity contribution in [1.82, 2.24) is 15.7 Å². The molecule has 1 aromatic carbocycles. The van der Waals surface area contributed by atoms with E-state index in [4.69, 9.17) is 0 Å². The van der Waals surface area contributed by atoms with Crippen LogP contribution in [-0.4, -0.2) is 27.9 Å². The number of nitrogens with zero attached hydrogens (tertiary/aromatic N) is 3. The molecular weight excluding hydrogens is 314 g/mol. The quantitative estimate of drug-likeness (QED) is 0.363. The number of para-hydroxylation sites is 1. The largest absolute Gasteiger partial charge is 0.344 e. The zero-order valence-electron chi connectivity index (χ0n) is 12.4. The lowest BCUT2D eigenvalue weighted by atomic mass is 10.2. The summed E-state index contributed by atoms with van der Waals surface area (Å²) in [6.45, 7) is 0.169. The zero-order valence-corrected chi connectivity index (χ0v) is 12.4. The highest BCUT2D eigenvalue weighted by Crippen LogP contribution is 2.14. The van der Waals surface area contributed by atoms with Crippen LogP contribution in [0.5, 0.6) is 0 Å². The molecule has 0 spiro atoms. The Morgan fingerprint density at radius 3 is 2.58 bits per heavy atom. The average molecular weight is 327 g/mol. The number of benzene rings is 1. The summed E-state index contributed by atoms with van der Waals surface area (Å²) in [5.41, 5.74) is 2.86. The number of aromatic nitrogens is 1. The number of carbonyl (C=O) groups excluding carboxylic acids is 2. The number of amides is 2. The van der Waals surface area contributed by atoms with E-state index in [0.717, 1.165) is 11.8 Å². The Morgan fingerprint density at radius 2 is 1.88 bits per heavy atom. The second kappa shape index (κ2) is 8.13. The molecule has 2 aromatic rings. The van der Waals surface area contributed by atoms with E-state index < -0.39 is 16.7 Å². The van der Waals surface area contributed by atoms with Crippen LogP contribution in [0.2, 0.25) is 0 Å². The lowest BCUT2D eigenvalue weighted by Crippen LogP contribution is -2.37. The van der Waals surface area contributed by atoms with Crippen molar-refractivity contribution in [3.63, 3.8) is 0 Å². The minimum absolute atomic E-state index is 0.155. The molecule has 0 saturated carbocycles. The maximum absolute atomic E-state index is 11.6. The number of nitro benzene ring substituents is 1. The van der Waals surface area contributed by atoms with E-state index in [2.05, 4.69) is 15.4 Å². The summed E-state index contributed by atoms with van der Waals surface area (Å²) in [4.78, 5) is 37.3. The Kier molecular flexibility index (Phi) is 5.67. The molecule has 0 aliphatic carbocycles. The van der Waals surface area contributed by atoms with Gasteiger partial charge in [-0.25, -0.2) is 5.43 Å². The third kappa shape index (κ3) is 4.70. The van der Waals surface area contributed by atoms with Gasteiger partial charge in [0.2, 0.25) is 0 Å². The summed E-state index contributed by atoms with van der Waals surface area (Å²) in [6.07, 6.45) is 4.24. The molecule has 0 fully saturated rings. The van der Waals surface area contributed by atoms with Crippen molar-refractivity contribution in [1.29, 1.82) is 0 Å². The molecule has 0 bridgehead atoms. The van der Waals surface area contributed by atoms with Gasteiger partial charge in [0.1, 0.15) is 0 Å². The molecule has 0 atom stereocenters. The molecular formula is C15H13N5O4. The molecule has 1 heterocycles. The van der Waals surface area contributed by atoms with Crippen molar-refractivity contribution >= 4 is 23.7 Å². The van der Waals surface area contributed by atoms with Gasteiger partial charge in [0.15, 0.2) is 0 Å². The molecule has 2 amide bonds. The Balaban J connectivity index is 1.88. The minimum Gasteiger partial charge on any atom is -0.344 e. The Hall–Kier alpha value is -3.62. The predicted molar refractivity (Wildman–Crippen MR) is 84.9 cm³/mol.